The number of ketones is 1. The van der Waals surface area contributed by atoms with Gasteiger partial charge in [-0.1, -0.05) is 0 Å². The molecule has 0 saturated heterocycles. The highest BCUT2D eigenvalue weighted by Gasteiger charge is 2.18. The second-order valence-corrected chi connectivity index (χ2v) is 2.41. The van der Waals surface area contributed by atoms with E-state index in [-0.39, 0.29) is 5.78 Å². The Balaban J connectivity index is 2.78. The summed E-state index contributed by atoms with van der Waals surface area (Å²) in [4.78, 5) is 15.3. The summed E-state index contributed by atoms with van der Waals surface area (Å²) in [6, 6.07) is 3.36. The largest absolute Gasteiger partial charge is 0.349 e. The summed E-state index contributed by atoms with van der Waals surface area (Å²) in [6.07, 6.45) is 2.24. The van der Waals surface area contributed by atoms with Gasteiger partial charge in [0.15, 0.2) is 0 Å². The molecule has 0 aliphatic rings. The van der Waals surface area contributed by atoms with Crippen LogP contribution in [0.3, 0.4) is 0 Å². The summed E-state index contributed by atoms with van der Waals surface area (Å²) in [7, 11) is 2.84. The lowest BCUT2D eigenvalue weighted by Gasteiger charge is -2.10. The number of hydrogen-bond acceptors (Lipinski definition) is 4. The average Bonchev–Trinajstić information content (AvgIpc) is 2.21. The number of hydrogen-bond donors (Lipinski definition) is 0. The lowest BCUT2D eigenvalue weighted by Crippen LogP contribution is -2.24. The summed E-state index contributed by atoms with van der Waals surface area (Å²) < 4.78 is 9.63. The zero-order valence-corrected chi connectivity index (χ0v) is 7.56. The van der Waals surface area contributed by atoms with Gasteiger partial charge >= 0.3 is 0 Å². The van der Waals surface area contributed by atoms with Gasteiger partial charge in [-0.05, 0) is 12.1 Å². The van der Waals surface area contributed by atoms with Crippen molar-refractivity contribution in [2.75, 3.05) is 14.2 Å². The van der Waals surface area contributed by atoms with E-state index in [0.717, 1.165) is 0 Å². The molecule has 0 unspecified atom stereocenters. The van der Waals surface area contributed by atoms with Crippen LogP contribution in [-0.4, -0.2) is 31.3 Å². The van der Waals surface area contributed by atoms with Crippen molar-refractivity contribution in [3.63, 3.8) is 0 Å². The summed E-state index contributed by atoms with van der Waals surface area (Å²) in [5, 5.41) is 0. The van der Waals surface area contributed by atoms with Gasteiger partial charge in [-0.3, -0.25) is 9.78 Å². The van der Waals surface area contributed by atoms with Crippen LogP contribution in [-0.2, 0) is 9.47 Å². The Labute approximate surface area is 76.5 Å². The monoisotopic (exact) mass is 181 g/mol. The standard InChI is InChI=1S/C9H11NO3/c1-12-9(13-2)8(11)7-4-3-5-10-6-7/h3-6,9H,1-2H3. The van der Waals surface area contributed by atoms with Crippen LogP contribution in [0.15, 0.2) is 24.5 Å². The number of methoxy groups -OCH3 is 2. The fraction of sp³-hybridized carbons (Fsp3) is 0.333. The molecule has 13 heavy (non-hydrogen) atoms. The number of rotatable bonds is 4. The maximum atomic E-state index is 11.5. The summed E-state index contributed by atoms with van der Waals surface area (Å²) in [5.41, 5.74) is 0.483. The molecule has 1 aromatic rings. The van der Waals surface area contributed by atoms with Gasteiger partial charge in [0.1, 0.15) is 0 Å². The maximum absolute atomic E-state index is 11.5. The van der Waals surface area contributed by atoms with Crippen LogP contribution in [0.1, 0.15) is 10.4 Å². The molecule has 70 valence electrons. The fourth-order valence-electron chi connectivity index (χ4n) is 0.955. The van der Waals surface area contributed by atoms with E-state index < -0.39 is 6.29 Å². The lowest BCUT2D eigenvalue weighted by molar-refractivity contribution is -0.0742. The third kappa shape index (κ3) is 2.34. The van der Waals surface area contributed by atoms with Gasteiger partial charge < -0.3 is 9.47 Å². The lowest BCUT2D eigenvalue weighted by atomic mass is 10.2. The first-order valence-corrected chi connectivity index (χ1v) is 3.79. The van der Waals surface area contributed by atoms with E-state index in [9.17, 15) is 4.79 Å². The molecule has 0 saturated carbocycles. The molecule has 0 radical (unpaired) electrons. The summed E-state index contributed by atoms with van der Waals surface area (Å²) in [5.74, 6) is -0.224. The molecule has 0 bridgehead atoms. The minimum absolute atomic E-state index is 0.224. The normalized spacial score (nSPS) is 10.4. The predicted octanol–water partition coefficient (Wildman–Crippen LogP) is 0.883. The summed E-state index contributed by atoms with van der Waals surface area (Å²) in [6.45, 7) is 0. The Hall–Kier alpha value is -1.26. The first kappa shape index (κ1) is 9.83. The van der Waals surface area contributed by atoms with Gasteiger partial charge in [-0.15, -0.1) is 0 Å². The molecule has 0 N–H and O–H groups in total. The first-order valence-electron chi connectivity index (χ1n) is 3.79. The van der Waals surface area contributed by atoms with Crippen LogP contribution in [0.2, 0.25) is 0 Å². The fourth-order valence-corrected chi connectivity index (χ4v) is 0.955. The van der Waals surface area contributed by atoms with E-state index >= 15 is 0 Å². The van der Waals surface area contributed by atoms with Crippen LogP contribution < -0.4 is 0 Å². The Bertz CT molecular complexity index is 269. The van der Waals surface area contributed by atoms with Gasteiger partial charge in [0.05, 0.1) is 0 Å². The molecule has 0 fully saturated rings. The molecule has 4 nitrogen and oxygen atoms in total. The third-order valence-corrected chi connectivity index (χ3v) is 1.59. The minimum atomic E-state index is -0.843. The Morgan fingerprint density at radius 2 is 2.15 bits per heavy atom. The van der Waals surface area contributed by atoms with Crippen LogP contribution >= 0.6 is 0 Å². The Morgan fingerprint density at radius 1 is 1.46 bits per heavy atom. The van der Waals surface area contributed by atoms with E-state index in [1.165, 1.54) is 20.4 Å². The highest BCUT2D eigenvalue weighted by molar-refractivity contribution is 5.98. The van der Waals surface area contributed by atoms with Crippen molar-refractivity contribution < 1.29 is 14.3 Å². The molecule has 0 aliphatic carbocycles. The highest BCUT2D eigenvalue weighted by atomic mass is 16.7. The second-order valence-electron chi connectivity index (χ2n) is 2.41. The van der Waals surface area contributed by atoms with Crippen LogP contribution in [0.25, 0.3) is 0 Å². The molecular formula is C9H11NO3. The van der Waals surface area contributed by atoms with Gasteiger partial charge in [0, 0.05) is 32.2 Å². The molecular weight excluding hydrogens is 170 g/mol. The topological polar surface area (TPSA) is 48.4 Å². The molecule has 0 spiro atoms. The smallest absolute Gasteiger partial charge is 0.222 e. The number of Topliss-reactive ketones (excluding diaryl/α,β-unsaturated/α-hetero) is 1. The van der Waals surface area contributed by atoms with Gasteiger partial charge in [-0.25, -0.2) is 0 Å². The number of carbonyl (C=O) groups is 1. The molecule has 0 amide bonds. The molecule has 0 aliphatic heterocycles. The Kier molecular flexibility index (Phi) is 3.54. The molecule has 0 aromatic carbocycles. The maximum Gasteiger partial charge on any atom is 0.222 e. The first-order chi connectivity index (χ1) is 6.29. The van der Waals surface area contributed by atoms with Crippen LogP contribution in [0.5, 0.6) is 0 Å². The van der Waals surface area contributed by atoms with Crippen molar-refractivity contribution in [1.29, 1.82) is 0 Å². The number of carbonyl (C=O) groups excluding carboxylic acids is 1. The highest BCUT2D eigenvalue weighted by Crippen LogP contribution is 2.04. The minimum Gasteiger partial charge on any atom is -0.349 e. The van der Waals surface area contributed by atoms with E-state index in [1.807, 2.05) is 0 Å². The van der Waals surface area contributed by atoms with Crippen molar-refractivity contribution in [3.8, 4) is 0 Å². The number of aromatic nitrogens is 1. The SMILES string of the molecule is COC(OC)C(=O)c1cccnc1. The van der Waals surface area contributed by atoms with Crippen molar-refractivity contribution in [2.45, 2.75) is 6.29 Å². The Morgan fingerprint density at radius 3 is 2.62 bits per heavy atom. The van der Waals surface area contributed by atoms with E-state index in [2.05, 4.69) is 4.98 Å². The third-order valence-electron chi connectivity index (χ3n) is 1.59. The average molecular weight is 181 g/mol. The quantitative estimate of drug-likeness (QED) is 0.511. The molecule has 1 heterocycles. The molecule has 1 aromatic heterocycles. The van der Waals surface area contributed by atoms with E-state index in [0.29, 0.717) is 5.56 Å². The van der Waals surface area contributed by atoms with Crippen molar-refractivity contribution in [2.24, 2.45) is 0 Å². The molecule has 4 heteroatoms. The van der Waals surface area contributed by atoms with E-state index in [4.69, 9.17) is 9.47 Å². The van der Waals surface area contributed by atoms with Gasteiger partial charge in [0.25, 0.3) is 0 Å². The summed E-state index contributed by atoms with van der Waals surface area (Å²) >= 11 is 0. The van der Waals surface area contributed by atoms with E-state index in [1.54, 1.807) is 18.3 Å². The zero-order valence-electron chi connectivity index (χ0n) is 7.56. The van der Waals surface area contributed by atoms with Gasteiger partial charge in [0.2, 0.25) is 12.1 Å². The second kappa shape index (κ2) is 4.69. The molecule has 0 atom stereocenters. The number of pyridine rings is 1. The van der Waals surface area contributed by atoms with Crippen molar-refractivity contribution in [1.82, 2.24) is 4.98 Å². The van der Waals surface area contributed by atoms with Crippen LogP contribution in [0, 0.1) is 0 Å². The zero-order chi connectivity index (χ0) is 9.68. The van der Waals surface area contributed by atoms with Crippen molar-refractivity contribution >= 4 is 5.78 Å². The van der Waals surface area contributed by atoms with Crippen LogP contribution in [0.4, 0.5) is 0 Å². The van der Waals surface area contributed by atoms with Gasteiger partial charge in [-0.2, -0.15) is 0 Å². The van der Waals surface area contributed by atoms with Crippen molar-refractivity contribution in [3.05, 3.63) is 30.1 Å². The number of ether oxygens (including phenoxy) is 2. The predicted molar refractivity (Wildman–Crippen MR) is 46.4 cm³/mol. The molecule has 1 rings (SSSR count). The number of nitrogens with zero attached hydrogens (tertiary/aromatic N) is 1.